The predicted octanol–water partition coefficient (Wildman–Crippen LogP) is 5.49. The molecule has 1 saturated heterocycles. The van der Waals surface area contributed by atoms with Gasteiger partial charge in [-0.15, -0.1) is 0 Å². The van der Waals surface area contributed by atoms with Crippen molar-refractivity contribution in [3.63, 3.8) is 0 Å². The Morgan fingerprint density at radius 3 is 1.97 bits per heavy atom. The highest BCUT2D eigenvalue weighted by Gasteiger charge is 2.37. The molecule has 0 bridgehead atoms. The molecule has 1 heterocycles. The number of aliphatic hydroxyl groups excluding tert-OH is 2. The van der Waals surface area contributed by atoms with Gasteiger partial charge in [-0.1, -0.05) is 47.5 Å². The van der Waals surface area contributed by atoms with Gasteiger partial charge in [0.2, 0.25) is 0 Å². The average molecular weight is 466 g/mol. The van der Waals surface area contributed by atoms with E-state index in [4.69, 9.17) is 27.9 Å². The van der Waals surface area contributed by atoms with Crippen LogP contribution in [0.4, 0.5) is 4.79 Å². The summed E-state index contributed by atoms with van der Waals surface area (Å²) in [6, 6.07) is 11.1. The Bertz CT molecular complexity index is 942. The molecule has 2 aromatic carbocycles. The molecule has 2 aromatic rings. The molecule has 0 aromatic heterocycles. The third-order valence-electron chi connectivity index (χ3n) is 5.56. The lowest BCUT2D eigenvalue weighted by molar-refractivity contribution is 0.0184. The fraction of sp³-hybridized carbons (Fsp3) is 0.458. The molecule has 0 spiro atoms. The SMILES string of the molecule is CC(C)(C)OC(=O)N1CCC(c2ccc(CO)cc2Cl)C(c2ccc(CO)cc2Cl)C1. The summed E-state index contributed by atoms with van der Waals surface area (Å²) in [6.45, 7) is 6.37. The van der Waals surface area contributed by atoms with Crippen molar-refractivity contribution in [2.24, 2.45) is 0 Å². The summed E-state index contributed by atoms with van der Waals surface area (Å²) in [5.41, 5.74) is 2.78. The van der Waals surface area contributed by atoms with Crippen molar-refractivity contribution in [1.29, 1.82) is 0 Å². The minimum absolute atomic E-state index is 0.0383. The third kappa shape index (κ3) is 5.72. The summed E-state index contributed by atoms with van der Waals surface area (Å²) < 4.78 is 5.59. The highest BCUT2D eigenvalue weighted by atomic mass is 35.5. The number of benzene rings is 2. The number of hydrogen-bond acceptors (Lipinski definition) is 4. The van der Waals surface area contributed by atoms with Crippen LogP contribution in [0, 0.1) is 0 Å². The Morgan fingerprint density at radius 2 is 1.52 bits per heavy atom. The topological polar surface area (TPSA) is 70.0 Å². The highest BCUT2D eigenvalue weighted by molar-refractivity contribution is 6.32. The maximum absolute atomic E-state index is 12.8. The number of carbonyl (C=O) groups excluding carboxylic acids is 1. The molecule has 168 valence electrons. The predicted molar refractivity (Wildman–Crippen MR) is 123 cm³/mol. The van der Waals surface area contributed by atoms with Crippen LogP contribution in [0.2, 0.25) is 10.0 Å². The summed E-state index contributed by atoms with van der Waals surface area (Å²) in [4.78, 5) is 14.5. The molecule has 2 unspecified atom stereocenters. The Labute approximate surface area is 193 Å². The summed E-state index contributed by atoms with van der Waals surface area (Å²) >= 11 is 13.2. The van der Waals surface area contributed by atoms with Crippen LogP contribution in [-0.2, 0) is 18.0 Å². The molecule has 1 amide bonds. The zero-order chi connectivity index (χ0) is 22.8. The first-order chi connectivity index (χ1) is 14.6. The number of rotatable bonds is 4. The number of carbonyl (C=O) groups is 1. The van der Waals surface area contributed by atoms with Crippen molar-refractivity contribution in [1.82, 2.24) is 4.90 Å². The molecule has 1 fully saturated rings. The van der Waals surface area contributed by atoms with E-state index < -0.39 is 5.60 Å². The number of aliphatic hydroxyl groups is 2. The second-order valence-electron chi connectivity index (χ2n) is 8.96. The molecule has 2 N–H and O–H groups in total. The lowest BCUT2D eigenvalue weighted by Gasteiger charge is -2.40. The molecule has 7 heteroatoms. The van der Waals surface area contributed by atoms with Crippen molar-refractivity contribution < 1.29 is 19.7 Å². The minimum atomic E-state index is -0.576. The minimum Gasteiger partial charge on any atom is -0.444 e. The van der Waals surface area contributed by atoms with E-state index in [0.717, 1.165) is 22.3 Å². The number of hydrogen-bond donors (Lipinski definition) is 2. The van der Waals surface area contributed by atoms with E-state index in [1.807, 2.05) is 45.0 Å². The zero-order valence-electron chi connectivity index (χ0n) is 18.1. The summed E-state index contributed by atoms with van der Waals surface area (Å²) in [6.07, 6.45) is 0.348. The van der Waals surface area contributed by atoms with Gasteiger partial charge in [0, 0.05) is 29.1 Å². The number of nitrogens with zero attached hydrogens (tertiary/aromatic N) is 1. The Hall–Kier alpha value is -1.79. The number of ether oxygens (including phenoxy) is 1. The largest absolute Gasteiger partial charge is 0.444 e. The number of halogens is 2. The quantitative estimate of drug-likeness (QED) is 0.626. The average Bonchev–Trinajstić information content (AvgIpc) is 2.72. The van der Waals surface area contributed by atoms with Crippen LogP contribution in [-0.4, -0.2) is 39.9 Å². The standard InChI is InChI=1S/C24H29Cl2NO4/c1-24(2,3)31-23(30)27-9-8-17(18-6-4-15(13-28)10-21(18)25)20(12-27)19-7-5-16(14-29)11-22(19)26/h4-7,10-11,17,20,28-29H,8-9,12-14H2,1-3H3. The summed E-state index contributed by atoms with van der Waals surface area (Å²) in [5.74, 6) is -0.0598. The number of piperidine rings is 1. The molecule has 31 heavy (non-hydrogen) atoms. The molecule has 5 nitrogen and oxygen atoms in total. The Morgan fingerprint density at radius 1 is 1.00 bits per heavy atom. The first-order valence-corrected chi connectivity index (χ1v) is 11.1. The molecule has 2 atom stereocenters. The van der Waals surface area contributed by atoms with Crippen molar-refractivity contribution in [3.8, 4) is 0 Å². The number of likely N-dealkylation sites (tertiary alicyclic amines) is 1. The second kappa shape index (κ2) is 9.78. The van der Waals surface area contributed by atoms with Crippen LogP contribution in [0.1, 0.15) is 61.3 Å². The first kappa shape index (κ1) is 23.9. The Balaban J connectivity index is 1.98. The maximum Gasteiger partial charge on any atom is 0.410 e. The van der Waals surface area contributed by atoms with E-state index in [1.54, 1.807) is 17.0 Å². The van der Waals surface area contributed by atoms with Gasteiger partial charge in [0.1, 0.15) is 5.60 Å². The van der Waals surface area contributed by atoms with E-state index in [0.29, 0.717) is 29.6 Å². The molecule has 0 saturated carbocycles. The van der Waals surface area contributed by atoms with Crippen LogP contribution in [0.25, 0.3) is 0 Å². The summed E-state index contributed by atoms with van der Waals surface area (Å²) in [5, 5.41) is 20.0. The molecular formula is C24H29Cl2NO4. The van der Waals surface area contributed by atoms with Gasteiger partial charge >= 0.3 is 6.09 Å². The van der Waals surface area contributed by atoms with Gasteiger partial charge in [-0.25, -0.2) is 4.79 Å². The fourth-order valence-electron chi connectivity index (χ4n) is 4.07. The van der Waals surface area contributed by atoms with Gasteiger partial charge in [0.05, 0.1) is 13.2 Å². The molecule has 1 aliphatic rings. The molecule has 1 aliphatic heterocycles. The fourth-order valence-corrected chi connectivity index (χ4v) is 4.76. The lowest BCUT2D eigenvalue weighted by atomic mass is 9.76. The smallest absolute Gasteiger partial charge is 0.410 e. The second-order valence-corrected chi connectivity index (χ2v) is 9.77. The van der Waals surface area contributed by atoms with Crippen molar-refractivity contribution in [3.05, 3.63) is 68.7 Å². The van der Waals surface area contributed by atoms with E-state index in [9.17, 15) is 15.0 Å². The molecule has 0 aliphatic carbocycles. The molecule has 3 rings (SSSR count). The van der Waals surface area contributed by atoms with Gasteiger partial charge in [-0.05, 0) is 67.5 Å². The van der Waals surface area contributed by atoms with Gasteiger partial charge in [-0.2, -0.15) is 0 Å². The van der Waals surface area contributed by atoms with Crippen LogP contribution in [0.5, 0.6) is 0 Å². The third-order valence-corrected chi connectivity index (χ3v) is 6.21. The van der Waals surface area contributed by atoms with Gasteiger partial charge in [0.15, 0.2) is 0 Å². The van der Waals surface area contributed by atoms with Gasteiger partial charge < -0.3 is 19.8 Å². The van der Waals surface area contributed by atoms with Crippen molar-refractivity contribution in [2.75, 3.05) is 13.1 Å². The first-order valence-electron chi connectivity index (χ1n) is 10.4. The molecule has 0 radical (unpaired) electrons. The highest BCUT2D eigenvalue weighted by Crippen LogP contribution is 2.44. The van der Waals surface area contributed by atoms with E-state index in [1.165, 1.54) is 0 Å². The summed E-state index contributed by atoms with van der Waals surface area (Å²) in [7, 11) is 0. The van der Waals surface area contributed by atoms with Crippen molar-refractivity contribution in [2.45, 2.75) is 57.8 Å². The van der Waals surface area contributed by atoms with Crippen LogP contribution >= 0.6 is 23.2 Å². The Kier molecular flexibility index (Phi) is 7.53. The van der Waals surface area contributed by atoms with E-state index in [-0.39, 0.29) is 31.1 Å². The van der Waals surface area contributed by atoms with E-state index >= 15 is 0 Å². The van der Waals surface area contributed by atoms with Gasteiger partial charge in [0.25, 0.3) is 0 Å². The van der Waals surface area contributed by atoms with Crippen LogP contribution in [0.3, 0.4) is 0 Å². The maximum atomic E-state index is 12.8. The van der Waals surface area contributed by atoms with Crippen LogP contribution in [0.15, 0.2) is 36.4 Å². The monoisotopic (exact) mass is 465 g/mol. The zero-order valence-corrected chi connectivity index (χ0v) is 19.6. The lowest BCUT2D eigenvalue weighted by Crippen LogP contribution is -2.44. The van der Waals surface area contributed by atoms with Gasteiger partial charge in [-0.3, -0.25) is 0 Å². The normalized spacial score (nSPS) is 19.4. The van der Waals surface area contributed by atoms with Crippen LogP contribution < -0.4 is 0 Å². The number of amides is 1. The molecular weight excluding hydrogens is 437 g/mol. The van der Waals surface area contributed by atoms with Crippen molar-refractivity contribution >= 4 is 29.3 Å². The van der Waals surface area contributed by atoms with E-state index in [2.05, 4.69) is 0 Å².